The van der Waals surface area contributed by atoms with Crippen LogP contribution in [0.1, 0.15) is 37.8 Å². The maximum atomic E-state index is 6.02. The fraction of sp³-hybridized carbons (Fsp3) is 0.688. The number of pyridine rings is 1. The predicted molar refractivity (Wildman–Crippen MR) is 80.0 cm³/mol. The van der Waals surface area contributed by atoms with Crippen LogP contribution in [0.5, 0.6) is 0 Å². The number of hydrogen-bond donors (Lipinski definition) is 1. The van der Waals surface area contributed by atoms with Gasteiger partial charge in [-0.05, 0) is 37.9 Å². The van der Waals surface area contributed by atoms with Crippen molar-refractivity contribution in [2.24, 2.45) is 11.7 Å². The first-order valence-corrected chi connectivity index (χ1v) is 7.61. The van der Waals surface area contributed by atoms with Crippen molar-refractivity contribution in [3.05, 3.63) is 30.1 Å². The van der Waals surface area contributed by atoms with E-state index in [0.717, 1.165) is 25.4 Å². The van der Waals surface area contributed by atoms with Gasteiger partial charge in [-0.1, -0.05) is 25.3 Å². The van der Waals surface area contributed by atoms with Crippen LogP contribution in [0, 0.1) is 5.92 Å². The fourth-order valence-electron chi connectivity index (χ4n) is 3.25. The molecule has 3 nitrogen and oxygen atoms in total. The van der Waals surface area contributed by atoms with Crippen LogP contribution >= 0.6 is 0 Å². The van der Waals surface area contributed by atoms with E-state index >= 15 is 0 Å². The summed E-state index contributed by atoms with van der Waals surface area (Å²) in [6, 6.07) is 6.68. The molecule has 0 radical (unpaired) electrons. The molecule has 1 heterocycles. The Bertz CT molecular complexity index is 346. The zero-order chi connectivity index (χ0) is 13.5. The van der Waals surface area contributed by atoms with Crippen molar-refractivity contribution in [2.75, 3.05) is 20.1 Å². The molecule has 0 bridgehead atoms. The summed E-state index contributed by atoms with van der Waals surface area (Å²) in [7, 11) is 2.22. The third kappa shape index (κ3) is 4.29. The number of nitrogens with two attached hydrogens (primary N) is 1. The van der Waals surface area contributed by atoms with Crippen LogP contribution in [0.25, 0.3) is 0 Å². The molecule has 3 heteroatoms. The minimum atomic E-state index is 0.545. The lowest BCUT2D eigenvalue weighted by Gasteiger charge is -2.36. The van der Waals surface area contributed by atoms with E-state index in [0.29, 0.717) is 6.04 Å². The highest BCUT2D eigenvalue weighted by molar-refractivity contribution is 5.03. The van der Waals surface area contributed by atoms with Gasteiger partial charge in [0.25, 0.3) is 0 Å². The lowest BCUT2D eigenvalue weighted by atomic mass is 9.83. The second-order valence-electron chi connectivity index (χ2n) is 5.75. The first kappa shape index (κ1) is 14.5. The van der Waals surface area contributed by atoms with Crippen molar-refractivity contribution in [1.82, 2.24) is 9.88 Å². The van der Waals surface area contributed by atoms with Gasteiger partial charge in [-0.2, -0.15) is 0 Å². The number of hydrogen-bond acceptors (Lipinski definition) is 3. The molecule has 0 spiro atoms. The van der Waals surface area contributed by atoms with Crippen molar-refractivity contribution in [1.29, 1.82) is 0 Å². The summed E-state index contributed by atoms with van der Waals surface area (Å²) in [6.07, 6.45) is 9.78. The van der Waals surface area contributed by atoms with Crippen LogP contribution < -0.4 is 5.73 Å². The minimum absolute atomic E-state index is 0.545. The molecule has 1 aromatic rings. The standard InChI is InChI=1S/C16H27N3/c1-19(12-10-15-9-5-6-11-18-15)16(13-17)14-7-3-2-4-8-14/h5-6,9,11,14,16H,2-4,7-8,10,12-13,17H2,1H3. The van der Waals surface area contributed by atoms with Gasteiger partial charge in [0.15, 0.2) is 0 Å². The van der Waals surface area contributed by atoms with Crippen molar-refractivity contribution in [3.8, 4) is 0 Å². The minimum Gasteiger partial charge on any atom is -0.329 e. The van der Waals surface area contributed by atoms with E-state index in [2.05, 4.69) is 29.1 Å². The number of nitrogens with zero attached hydrogens (tertiary/aromatic N) is 2. The third-order valence-corrected chi connectivity index (χ3v) is 4.45. The topological polar surface area (TPSA) is 42.2 Å². The molecule has 2 N–H and O–H groups in total. The molecule has 1 fully saturated rings. The van der Waals surface area contributed by atoms with Gasteiger partial charge in [0, 0.05) is 37.4 Å². The molecule has 1 unspecified atom stereocenters. The Hall–Kier alpha value is -0.930. The van der Waals surface area contributed by atoms with E-state index in [9.17, 15) is 0 Å². The Labute approximate surface area is 117 Å². The van der Waals surface area contributed by atoms with Crippen LogP contribution in [0.3, 0.4) is 0 Å². The molecule has 1 aromatic heterocycles. The summed E-state index contributed by atoms with van der Waals surface area (Å²) in [5.41, 5.74) is 7.19. The first-order chi connectivity index (χ1) is 9.31. The van der Waals surface area contributed by atoms with E-state index in [1.807, 2.05) is 12.3 Å². The Kier molecular flexibility index (Phi) is 5.80. The lowest BCUT2D eigenvalue weighted by Crippen LogP contribution is -2.45. The van der Waals surface area contributed by atoms with Gasteiger partial charge >= 0.3 is 0 Å². The monoisotopic (exact) mass is 261 g/mol. The van der Waals surface area contributed by atoms with Gasteiger partial charge in [0.1, 0.15) is 0 Å². The molecule has 0 saturated heterocycles. The van der Waals surface area contributed by atoms with Crippen LogP contribution in [0.15, 0.2) is 24.4 Å². The van der Waals surface area contributed by atoms with Gasteiger partial charge < -0.3 is 10.6 Å². The molecule has 1 atom stereocenters. The average Bonchev–Trinajstić information content (AvgIpc) is 2.48. The first-order valence-electron chi connectivity index (χ1n) is 7.61. The highest BCUT2D eigenvalue weighted by atomic mass is 15.1. The molecule has 0 amide bonds. The number of likely N-dealkylation sites (N-methyl/N-ethyl adjacent to an activating group) is 1. The number of aromatic nitrogens is 1. The highest BCUT2D eigenvalue weighted by Gasteiger charge is 2.25. The van der Waals surface area contributed by atoms with E-state index < -0.39 is 0 Å². The van der Waals surface area contributed by atoms with Crippen molar-refractivity contribution in [3.63, 3.8) is 0 Å². The summed E-state index contributed by atoms with van der Waals surface area (Å²) in [4.78, 5) is 6.84. The van der Waals surface area contributed by atoms with Crippen molar-refractivity contribution >= 4 is 0 Å². The van der Waals surface area contributed by atoms with Gasteiger partial charge in [0.05, 0.1) is 0 Å². The maximum absolute atomic E-state index is 6.02. The average molecular weight is 261 g/mol. The second-order valence-corrected chi connectivity index (χ2v) is 5.75. The van der Waals surface area contributed by atoms with Crippen LogP contribution in [0.2, 0.25) is 0 Å². The molecule has 0 aliphatic heterocycles. The summed E-state index contributed by atoms with van der Waals surface area (Å²) >= 11 is 0. The number of rotatable bonds is 6. The zero-order valence-corrected chi connectivity index (χ0v) is 12.1. The molecule has 106 valence electrons. The van der Waals surface area contributed by atoms with Crippen LogP contribution in [0.4, 0.5) is 0 Å². The molecular formula is C16H27N3. The van der Waals surface area contributed by atoms with Crippen molar-refractivity contribution < 1.29 is 0 Å². The van der Waals surface area contributed by atoms with Gasteiger partial charge in [-0.15, -0.1) is 0 Å². The normalized spacial score (nSPS) is 18.7. The molecule has 19 heavy (non-hydrogen) atoms. The van der Waals surface area contributed by atoms with Crippen molar-refractivity contribution in [2.45, 2.75) is 44.6 Å². The summed E-state index contributed by atoms with van der Waals surface area (Å²) in [6.45, 7) is 1.83. The van der Waals surface area contributed by atoms with E-state index in [1.165, 1.54) is 37.8 Å². The molecule has 0 aromatic carbocycles. The molecule has 2 rings (SSSR count). The fourth-order valence-corrected chi connectivity index (χ4v) is 3.25. The maximum Gasteiger partial charge on any atom is 0.0416 e. The predicted octanol–water partition coefficient (Wildman–Crippen LogP) is 2.46. The highest BCUT2D eigenvalue weighted by Crippen LogP contribution is 2.28. The summed E-state index contributed by atoms with van der Waals surface area (Å²) in [5.74, 6) is 0.799. The summed E-state index contributed by atoms with van der Waals surface area (Å²) < 4.78 is 0. The molecular weight excluding hydrogens is 234 g/mol. The van der Waals surface area contributed by atoms with Crippen LogP contribution in [-0.4, -0.2) is 36.1 Å². The molecule has 1 aliphatic rings. The van der Waals surface area contributed by atoms with Crippen LogP contribution in [-0.2, 0) is 6.42 Å². The molecule has 1 aliphatic carbocycles. The van der Waals surface area contributed by atoms with E-state index in [-0.39, 0.29) is 0 Å². The largest absolute Gasteiger partial charge is 0.329 e. The smallest absolute Gasteiger partial charge is 0.0416 e. The van der Waals surface area contributed by atoms with E-state index in [4.69, 9.17) is 5.73 Å². The van der Waals surface area contributed by atoms with Gasteiger partial charge in [-0.3, -0.25) is 4.98 Å². The quantitative estimate of drug-likeness (QED) is 0.855. The Morgan fingerprint density at radius 1 is 1.32 bits per heavy atom. The Morgan fingerprint density at radius 2 is 2.11 bits per heavy atom. The third-order valence-electron chi connectivity index (χ3n) is 4.45. The molecule has 1 saturated carbocycles. The zero-order valence-electron chi connectivity index (χ0n) is 12.1. The SMILES string of the molecule is CN(CCc1ccccn1)C(CN)C1CCCCC1. The lowest BCUT2D eigenvalue weighted by molar-refractivity contribution is 0.150. The summed E-state index contributed by atoms with van der Waals surface area (Å²) in [5, 5.41) is 0. The second kappa shape index (κ2) is 7.61. The Balaban J connectivity index is 1.84. The van der Waals surface area contributed by atoms with Gasteiger partial charge in [0.2, 0.25) is 0 Å². The van der Waals surface area contributed by atoms with E-state index in [1.54, 1.807) is 0 Å². The van der Waals surface area contributed by atoms with Gasteiger partial charge in [-0.25, -0.2) is 0 Å². The Morgan fingerprint density at radius 3 is 2.74 bits per heavy atom.